The Balaban J connectivity index is 1.92. The van der Waals surface area contributed by atoms with E-state index in [9.17, 15) is 14.4 Å². The number of carbonyl (C=O) groups excluding carboxylic acids is 2. The molecule has 7 heteroatoms. The molecule has 0 aromatic heterocycles. The van der Waals surface area contributed by atoms with E-state index in [0.717, 1.165) is 5.56 Å². The summed E-state index contributed by atoms with van der Waals surface area (Å²) in [5.41, 5.74) is 1.83. The van der Waals surface area contributed by atoms with Gasteiger partial charge < -0.3 is 20.8 Å². The number of amides is 2. The molecule has 0 bridgehead atoms. The fourth-order valence-corrected chi connectivity index (χ4v) is 1.90. The lowest BCUT2D eigenvalue weighted by atomic mass is 10.1. The number of hydrogen-bond donors (Lipinski definition) is 4. The molecule has 1 heterocycles. The Hall–Kier alpha value is -2.41. The van der Waals surface area contributed by atoms with Crippen LogP contribution >= 0.6 is 0 Å². The summed E-state index contributed by atoms with van der Waals surface area (Å²) in [5.74, 6) is -1.81. The van der Waals surface area contributed by atoms with Gasteiger partial charge in [-0.15, -0.1) is 0 Å². The highest BCUT2D eigenvalue weighted by molar-refractivity contribution is 6.02. The Morgan fingerprint density at radius 3 is 2.85 bits per heavy atom. The van der Waals surface area contributed by atoms with Crippen LogP contribution in [0, 0.1) is 0 Å². The van der Waals surface area contributed by atoms with Crippen molar-refractivity contribution in [3.05, 3.63) is 29.3 Å². The van der Waals surface area contributed by atoms with Crippen molar-refractivity contribution in [3.63, 3.8) is 0 Å². The Labute approximate surface area is 114 Å². The van der Waals surface area contributed by atoms with Gasteiger partial charge in [0.2, 0.25) is 5.91 Å². The van der Waals surface area contributed by atoms with Crippen molar-refractivity contribution in [2.75, 3.05) is 11.9 Å². The van der Waals surface area contributed by atoms with Crippen molar-refractivity contribution < 1.29 is 24.6 Å². The maximum absolute atomic E-state index is 11.8. The van der Waals surface area contributed by atoms with E-state index < -0.39 is 12.1 Å². The first-order chi connectivity index (χ1) is 9.47. The minimum Gasteiger partial charge on any atom is -0.479 e. The molecule has 1 aliphatic heterocycles. The number of aliphatic hydroxyl groups is 1. The van der Waals surface area contributed by atoms with Gasteiger partial charge in [-0.2, -0.15) is 0 Å². The number of aliphatic hydroxyl groups excluding tert-OH is 1. The largest absolute Gasteiger partial charge is 0.479 e. The lowest BCUT2D eigenvalue weighted by molar-refractivity contribution is -0.146. The highest BCUT2D eigenvalue weighted by Crippen LogP contribution is 2.23. The lowest BCUT2D eigenvalue weighted by Crippen LogP contribution is -2.30. The van der Waals surface area contributed by atoms with Gasteiger partial charge in [-0.1, -0.05) is 6.07 Å². The van der Waals surface area contributed by atoms with Gasteiger partial charge in [0, 0.05) is 24.2 Å². The van der Waals surface area contributed by atoms with Crippen molar-refractivity contribution in [1.82, 2.24) is 5.32 Å². The second kappa shape index (κ2) is 5.70. The number of rotatable bonds is 5. The number of fused-ring (bicyclic) bond motifs is 1. The van der Waals surface area contributed by atoms with Crippen LogP contribution < -0.4 is 10.6 Å². The number of carboxylic acid groups (broad SMARTS) is 1. The predicted octanol–water partition coefficient (Wildman–Crippen LogP) is -0.253. The molecule has 1 atom stereocenters. The zero-order valence-electron chi connectivity index (χ0n) is 10.5. The third kappa shape index (κ3) is 3.12. The first-order valence-electron chi connectivity index (χ1n) is 6.09. The smallest absolute Gasteiger partial charge is 0.332 e. The van der Waals surface area contributed by atoms with E-state index in [2.05, 4.69) is 10.6 Å². The van der Waals surface area contributed by atoms with Gasteiger partial charge in [0.25, 0.3) is 5.91 Å². The van der Waals surface area contributed by atoms with Crippen LogP contribution in [0.4, 0.5) is 5.69 Å². The maximum atomic E-state index is 11.8. The molecule has 1 unspecified atom stereocenters. The van der Waals surface area contributed by atoms with E-state index in [1.54, 1.807) is 18.2 Å². The average molecular weight is 278 g/mol. The van der Waals surface area contributed by atoms with Crippen LogP contribution in [0.3, 0.4) is 0 Å². The molecule has 0 radical (unpaired) electrons. The quantitative estimate of drug-likeness (QED) is 0.592. The monoisotopic (exact) mass is 278 g/mol. The van der Waals surface area contributed by atoms with Gasteiger partial charge in [0.1, 0.15) is 0 Å². The fourth-order valence-electron chi connectivity index (χ4n) is 1.90. The SMILES string of the molecule is O=C1Cc2ccc(C(=O)NCCC(O)C(=O)O)cc2N1. The summed E-state index contributed by atoms with van der Waals surface area (Å²) in [6, 6.07) is 4.87. The zero-order valence-corrected chi connectivity index (χ0v) is 10.5. The van der Waals surface area contributed by atoms with Crippen molar-refractivity contribution >= 4 is 23.5 Å². The molecular weight excluding hydrogens is 264 g/mol. The standard InChI is InChI=1S/C13H14N2O5/c16-10(13(19)20)3-4-14-12(18)8-2-1-7-6-11(17)15-9(7)5-8/h1-2,5,10,16H,3-4,6H2,(H,14,18)(H,15,17)(H,19,20). The number of benzene rings is 1. The van der Waals surface area contributed by atoms with Crippen LogP contribution in [0.5, 0.6) is 0 Å². The summed E-state index contributed by atoms with van der Waals surface area (Å²) < 4.78 is 0. The number of aliphatic carboxylic acids is 1. The third-order valence-electron chi connectivity index (χ3n) is 2.99. The fraction of sp³-hybridized carbons (Fsp3) is 0.308. The molecule has 20 heavy (non-hydrogen) atoms. The van der Waals surface area contributed by atoms with Crippen LogP contribution in [0.1, 0.15) is 22.3 Å². The molecule has 0 aliphatic carbocycles. The van der Waals surface area contributed by atoms with Gasteiger partial charge >= 0.3 is 5.97 Å². The molecule has 1 aromatic rings. The Morgan fingerprint density at radius 2 is 2.15 bits per heavy atom. The van der Waals surface area contributed by atoms with Crippen LogP contribution in [-0.4, -0.2) is 40.6 Å². The van der Waals surface area contributed by atoms with Crippen molar-refractivity contribution in [2.45, 2.75) is 18.9 Å². The van der Waals surface area contributed by atoms with Gasteiger partial charge in [-0.3, -0.25) is 9.59 Å². The van der Waals surface area contributed by atoms with Gasteiger partial charge in [0.05, 0.1) is 6.42 Å². The van der Waals surface area contributed by atoms with Crippen molar-refractivity contribution in [3.8, 4) is 0 Å². The number of nitrogens with one attached hydrogen (secondary N) is 2. The summed E-state index contributed by atoms with van der Waals surface area (Å²) in [6.07, 6.45) is -1.25. The first kappa shape index (κ1) is 14.0. The molecule has 0 spiro atoms. The second-order valence-corrected chi connectivity index (χ2v) is 4.50. The van der Waals surface area contributed by atoms with Gasteiger partial charge in [-0.05, 0) is 17.7 Å². The molecule has 2 rings (SSSR count). The molecule has 1 aliphatic rings. The normalized spacial score (nSPS) is 14.3. The Kier molecular flexibility index (Phi) is 3.99. The number of carbonyl (C=O) groups is 3. The average Bonchev–Trinajstić information content (AvgIpc) is 2.77. The molecule has 0 saturated carbocycles. The summed E-state index contributed by atoms with van der Waals surface area (Å²) >= 11 is 0. The van der Waals surface area contributed by atoms with E-state index in [4.69, 9.17) is 10.2 Å². The molecule has 7 nitrogen and oxygen atoms in total. The molecule has 0 saturated heterocycles. The van der Waals surface area contributed by atoms with Crippen LogP contribution in [0.2, 0.25) is 0 Å². The minimum atomic E-state index is -1.49. The zero-order chi connectivity index (χ0) is 14.7. The molecular formula is C13H14N2O5. The van der Waals surface area contributed by atoms with Crippen LogP contribution in [0.15, 0.2) is 18.2 Å². The topological polar surface area (TPSA) is 116 Å². The Morgan fingerprint density at radius 1 is 1.40 bits per heavy atom. The number of anilines is 1. The van der Waals surface area contributed by atoms with E-state index >= 15 is 0 Å². The van der Waals surface area contributed by atoms with Gasteiger partial charge in [0.15, 0.2) is 6.10 Å². The van der Waals surface area contributed by atoms with E-state index in [1.807, 2.05) is 0 Å². The molecule has 106 valence electrons. The molecule has 2 amide bonds. The van der Waals surface area contributed by atoms with Gasteiger partial charge in [-0.25, -0.2) is 4.79 Å². The highest BCUT2D eigenvalue weighted by atomic mass is 16.4. The number of carboxylic acids is 1. The van der Waals surface area contributed by atoms with Crippen LogP contribution in [0.25, 0.3) is 0 Å². The predicted molar refractivity (Wildman–Crippen MR) is 69.4 cm³/mol. The maximum Gasteiger partial charge on any atom is 0.332 e. The highest BCUT2D eigenvalue weighted by Gasteiger charge is 2.19. The molecule has 4 N–H and O–H groups in total. The van der Waals surface area contributed by atoms with E-state index in [-0.39, 0.29) is 24.8 Å². The van der Waals surface area contributed by atoms with E-state index in [1.165, 1.54) is 0 Å². The summed E-state index contributed by atoms with van der Waals surface area (Å²) in [6.45, 7) is 0.0513. The van der Waals surface area contributed by atoms with Crippen LogP contribution in [-0.2, 0) is 16.0 Å². The number of hydrogen-bond acceptors (Lipinski definition) is 4. The van der Waals surface area contributed by atoms with Crippen molar-refractivity contribution in [1.29, 1.82) is 0 Å². The molecule has 1 aromatic carbocycles. The molecule has 0 fully saturated rings. The lowest BCUT2D eigenvalue weighted by Gasteiger charge is -2.08. The third-order valence-corrected chi connectivity index (χ3v) is 2.99. The summed E-state index contributed by atoms with van der Waals surface area (Å²) in [5, 5.41) is 22.7. The van der Waals surface area contributed by atoms with E-state index in [0.29, 0.717) is 17.7 Å². The minimum absolute atomic E-state index is 0.0513. The Bertz CT molecular complexity index is 570. The van der Waals surface area contributed by atoms with Crippen molar-refractivity contribution in [2.24, 2.45) is 0 Å². The summed E-state index contributed by atoms with van der Waals surface area (Å²) in [4.78, 5) is 33.4. The summed E-state index contributed by atoms with van der Waals surface area (Å²) in [7, 11) is 0. The second-order valence-electron chi connectivity index (χ2n) is 4.50. The first-order valence-corrected chi connectivity index (χ1v) is 6.09.